The second-order valence-corrected chi connectivity index (χ2v) is 9.44. The summed E-state index contributed by atoms with van der Waals surface area (Å²) < 4.78 is 0. The zero-order valence-electron chi connectivity index (χ0n) is 20.9. The van der Waals surface area contributed by atoms with Gasteiger partial charge in [-0.25, -0.2) is 4.98 Å². The third kappa shape index (κ3) is 6.19. The van der Waals surface area contributed by atoms with Gasteiger partial charge in [0.05, 0.1) is 0 Å². The lowest BCUT2D eigenvalue weighted by atomic mass is 10.0. The van der Waals surface area contributed by atoms with E-state index in [2.05, 4.69) is 37.3 Å². The van der Waals surface area contributed by atoms with Crippen LogP contribution in [0.2, 0.25) is 0 Å². The van der Waals surface area contributed by atoms with E-state index in [9.17, 15) is 9.59 Å². The molecule has 3 N–H and O–H groups in total. The number of H-pyrrole nitrogens is 1. The minimum atomic E-state index is -0.661. The molecule has 4 rings (SSSR count). The number of nitrogens with zero attached hydrogens (tertiary/aromatic N) is 3. The highest BCUT2D eigenvalue weighted by molar-refractivity contribution is 5.90. The summed E-state index contributed by atoms with van der Waals surface area (Å²) in [6.45, 7) is 11.3. The lowest BCUT2D eigenvalue weighted by Crippen LogP contribution is -2.49. The van der Waals surface area contributed by atoms with Gasteiger partial charge in [-0.05, 0) is 29.8 Å². The molecule has 3 aromatic rings. The van der Waals surface area contributed by atoms with Gasteiger partial charge in [0.15, 0.2) is 0 Å². The highest BCUT2D eigenvalue weighted by atomic mass is 16.2. The van der Waals surface area contributed by atoms with Gasteiger partial charge in [0.25, 0.3) is 0 Å². The van der Waals surface area contributed by atoms with Crippen LogP contribution in [0.15, 0.2) is 48.8 Å². The molecule has 2 aromatic heterocycles. The molecule has 1 saturated heterocycles. The highest BCUT2D eigenvalue weighted by Crippen LogP contribution is 2.19. The number of nitrogens with one attached hydrogen (secondary N) is 3. The first-order valence-corrected chi connectivity index (χ1v) is 12.5. The number of amides is 2. The first kappa shape index (κ1) is 24.7. The number of aromatic amines is 1. The molecule has 2 amide bonds. The number of hydrogen-bond acceptors (Lipinski definition) is 5. The maximum Gasteiger partial charge on any atom is 0.243 e. The van der Waals surface area contributed by atoms with Gasteiger partial charge in [0.2, 0.25) is 11.8 Å². The fourth-order valence-electron chi connectivity index (χ4n) is 4.38. The van der Waals surface area contributed by atoms with E-state index in [0.29, 0.717) is 13.0 Å². The molecule has 0 bridgehead atoms. The predicted octanol–water partition coefficient (Wildman–Crippen LogP) is 2.70. The number of fused-ring (bicyclic) bond motifs is 1. The fourth-order valence-corrected chi connectivity index (χ4v) is 4.38. The summed E-state index contributed by atoms with van der Waals surface area (Å²) in [4.78, 5) is 38.2. The molecule has 0 saturated carbocycles. The van der Waals surface area contributed by atoms with Crippen molar-refractivity contribution in [3.8, 4) is 0 Å². The fraction of sp³-hybridized carbons (Fsp3) is 0.444. The van der Waals surface area contributed by atoms with Crippen molar-refractivity contribution < 1.29 is 9.59 Å². The average molecular weight is 477 g/mol. The number of rotatable bonds is 9. The number of likely N-dealkylation sites (N-methyl/N-ethyl adjacent to an activating group) is 1. The van der Waals surface area contributed by atoms with Gasteiger partial charge in [-0.3, -0.25) is 9.59 Å². The minimum absolute atomic E-state index is 0.140. The van der Waals surface area contributed by atoms with Gasteiger partial charge in [-0.1, -0.05) is 45.0 Å². The summed E-state index contributed by atoms with van der Waals surface area (Å²) in [6, 6.07) is 11.3. The summed E-state index contributed by atoms with van der Waals surface area (Å²) >= 11 is 0. The number of anilines is 1. The summed E-state index contributed by atoms with van der Waals surface area (Å²) in [5, 5.41) is 6.98. The number of hydrogen-bond donors (Lipinski definition) is 3. The Labute approximate surface area is 207 Å². The van der Waals surface area contributed by atoms with E-state index >= 15 is 0 Å². The molecular weight excluding hydrogens is 440 g/mol. The maximum absolute atomic E-state index is 13.1. The van der Waals surface area contributed by atoms with Gasteiger partial charge >= 0.3 is 0 Å². The third-order valence-electron chi connectivity index (χ3n) is 6.68. The summed E-state index contributed by atoms with van der Waals surface area (Å²) in [5.74, 6) is 0.421. The zero-order chi connectivity index (χ0) is 24.8. The number of piperazine rings is 1. The Morgan fingerprint density at radius 1 is 1.06 bits per heavy atom. The van der Waals surface area contributed by atoms with Gasteiger partial charge in [-0.2, -0.15) is 0 Å². The first-order chi connectivity index (χ1) is 16.9. The normalized spacial score (nSPS) is 15.4. The quantitative estimate of drug-likeness (QED) is 0.442. The van der Waals surface area contributed by atoms with Gasteiger partial charge in [-0.15, -0.1) is 0 Å². The molecule has 1 aromatic carbocycles. The summed E-state index contributed by atoms with van der Waals surface area (Å²) in [5.41, 5.74) is 2.94. The van der Waals surface area contributed by atoms with Crippen LogP contribution in [-0.4, -0.2) is 65.4 Å². The van der Waals surface area contributed by atoms with E-state index in [1.165, 1.54) is 0 Å². The Bertz CT molecular complexity index is 1130. The van der Waals surface area contributed by atoms with E-state index in [-0.39, 0.29) is 17.7 Å². The van der Waals surface area contributed by atoms with Crippen molar-refractivity contribution in [1.82, 2.24) is 25.5 Å². The van der Waals surface area contributed by atoms with Crippen molar-refractivity contribution in [3.05, 3.63) is 59.9 Å². The maximum atomic E-state index is 13.1. The van der Waals surface area contributed by atoms with E-state index in [0.717, 1.165) is 60.6 Å². The zero-order valence-corrected chi connectivity index (χ0v) is 20.9. The monoisotopic (exact) mass is 476 g/mol. The molecule has 3 heterocycles. The number of benzene rings is 1. The number of para-hydroxylation sites is 1. The van der Waals surface area contributed by atoms with Crippen LogP contribution < -0.4 is 15.5 Å². The van der Waals surface area contributed by atoms with Crippen molar-refractivity contribution in [1.29, 1.82) is 0 Å². The molecule has 35 heavy (non-hydrogen) atoms. The number of aromatic nitrogens is 2. The topological polar surface area (TPSA) is 93.4 Å². The molecule has 8 nitrogen and oxygen atoms in total. The Morgan fingerprint density at radius 3 is 2.51 bits per heavy atom. The SMILES string of the molecule is CCN1CCN(c2ccc(CNC(=O)C(Cc3c[nH]c4ccccc34)NC(=O)C(C)C)cn2)CC1. The van der Waals surface area contributed by atoms with E-state index in [1.54, 1.807) is 0 Å². The van der Waals surface area contributed by atoms with Crippen molar-refractivity contribution >= 4 is 28.5 Å². The lowest BCUT2D eigenvalue weighted by Gasteiger charge is -2.34. The molecule has 1 aliphatic heterocycles. The van der Waals surface area contributed by atoms with Crippen LogP contribution >= 0.6 is 0 Å². The molecule has 8 heteroatoms. The number of carbonyl (C=O) groups is 2. The van der Waals surface area contributed by atoms with E-state index in [4.69, 9.17) is 0 Å². The standard InChI is InChI=1S/C27H36N6O2/c1-4-32-11-13-33(14-12-32)25-10-9-20(16-29-25)17-30-27(35)24(31-26(34)19(2)3)15-21-18-28-23-8-6-5-7-22(21)23/h5-10,16,18-19,24,28H,4,11-15,17H2,1-3H3,(H,30,35)(H,31,34). The van der Waals surface area contributed by atoms with Crippen LogP contribution in [0.3, 0.4) is 0 Å². The van der Waals surface area contributed by atoms with Gasteiger partial charge in [0.1, 0.15) is 11.9 Å². The summed E-state index contributed by atoms with van der Waals surface area (Å²) in [6.07, 6.45) is 4.15. The first-order valence-electron chi connectivity index (χ1n) is 12.5. The second-order valence-electron chi connectivity index (χ2n) is 9.44. The van der Waals surface area contributed by atoms with Gasteiger partial charge in [0, 0.05) is 68.4 Å². The Hall–Kier alpha value is -3.39. The van der Waals surface area contributed by atoms with Crippen molar-refractivity contribution in [3.63, 3.8) is 0 Å². The van der Waals surface area contributed by atoms with Crippen LogP contribution in [0.4, 0.5) is 5.82 Å². The van der Waals surface area contributed by atoms with Crippen molar-refractivity contribution in [2.24, 2.45) is 5.92 Å². The highest BCUT2D eigenvalue weighted by Gasteiger charge is 2.24. The summed E-state index contributed by atoms with van der Waals surface area (Å²) in [7, 11) is 0. The predicted molar refractivity (Wildman–Crippen MR) is 139 cm³/mol. The molecule has 0 radical (unpaired) electrons. The van der Waals surface area contributed by atoms with Crippen LogP contribution in [0, 0.1) is 5.92 Å². The molecule has 1 fully saturated rings. The van der Waals surface area contributed by atoms with Gasteiger partial charge < -0.3 is 25.4 Å². The molecule has 1 aliphatic rings. The van der Waals surface area contributed by atoms with E-state index < -0.39 is 6.04 Å². The van der Waals surface area contributed by atoms with Crippen LogP contribution in [0.1, 0.15) is 31.9 Å². The molecule has 1 unspecified atom stereocenters. The molecular formula is C27H36N6O2. The molecule has 0 spiro atoms. The van der Waals surface area contributed by atoms with Crippen LogP contribution in [0.5, 0.6) is 0 Å². The third-order valence-corrected chi connectivity index (χ3v) is 6.68. The Kier molecular flexibility index (Phi) is 8.02. The van der Waals surface area contributed by atoms with E-state index in [1.807, 2.05) is 62.6 Å². The molecule has 1 atom stereocenters. The number of pyridine rings is 1. The number of carbonyl (C=O) groups excluding carboxylic acids is 2. The Morgan fingerprint density at radius 2 is 1.83 bits per heavy atom. The average Bonchev–Trinajstić information content (AvgIpc) is 3.30. The second kappa shape index (κ2) is 11.4. The molecule has 186 valence electrons. The Balaban J connectivity index is 1.38. The minimum Gasteiger partial charge on any atom is -0.361 e. The van der Waals surface area contributed by atoms with Crippen LogP contribution in [0.25, 0.3) is 10.9 Å². The van der Waals surface area contributed by atoms with Crippen LogP contribution in [-0.2, 0) is 22.6 Å². The van der Waals surface area contributed by atoms with Crippen molar-refractivity contribution in [2.45, 2.75) is 39.8 Å². The smallest absolute Gasteiger partial charge is 0.243 e. The largest absolute Gasteiger partial charge is 0.361 e. The van der Waals surface area contributed by atoms with Crippen molar-refractivity contribution in [2.75, 3.05) is 37.6 Å². The molecule has 0 aliphatic carbocycles. The lowest BCUT2D eigenvalue weighted by molar-refractivity contribution is -0.130.